The average Bonchev–Trinajstić information content (AvgIpc) is 3.70. The zero-order chi connectivity index (χ0) is 30.3. The second-order valence-corrected chi connectivity index (χ2v) is 10.9. The highest BCUT2D eigenvalue weighted by Crippen LogP contribution is 2.46. The van der Waals surface area contributed by atoms with E-state index in [9.17, 15) is 22.4 Å². The Bertz CT molecular complexity index is 1660. The van der Waals surface area contributed by atoms with Crippen LogP contribution >= 0.6 is 11.6 Å². The first-order valence-electron chi connectivity index (χ1n) is 13.5. The lowest BCUT2D eigenvalue weighted by Crippen LogP contribution is -2.45. The van der Waals surface area contributed by atoms with Crippen molar-refractivity contribution in [1.29, 1.82) is 0 Å². The van der Waals surface area contributed by atoms with Gasteiger partial charge in [0, 0.05) is 41.2 Å². The molecule has 0 atom stereocenters. The number of benzene rings is 3. The zero-order valence-electron chi connectivity index (χ0n) is 22.8. The van der Waals surface area contributed by atoms with Crippen molar-refractivity contribution in [3.8, 4) is 22.8 Å². The Morgan fingerprint density at radius 1 is 1.07 bits per heavy atom. The number of carbonyl (C=O) groups excluding carboxylic acids is 1. The number of halogens is 5. The highest BCUT2D eigenvalue weighted by atomic mass is 35.5. The molecule has 1 saturated heterocycles. The minimum absolute atomic E-state index is 0.000000187. The summed E-state index contributed by atoms with van der Waals surface area (Å²) in [6.45, 7) is 1.14. The van der Waals surface area contributed by atoms with Gasteiger partial charge in [-0.05, 0) is 60.9 Å². The Kier molecular flexibility index (Phi) is 7.68. The van der Waals surface area contributed by atoms with Gasteiger partial charge in [0.2, 0.25) is 0 Å². The van der Waals surface area contributed by atoms with Crippen molar-refractivity contribution in [1.82, 2.24) is 5.16 Å². The summed E-state index contributed by atoms with van der Waals surface area (Å²) in [5.41, 5.74) is 2.53. The predicted molar refractivity (Wildman–Crippen MR) is 149 cm³/mol. The number of nitrogens with zero attached hydrogens (tertiary/aromatic N) is 2. The molecule has 12 heteroatoms. The zero-order valence-corrected chi connectivity index (χ0v) is 23.5. The fraction of sp³-hybridized carbons (Fsp3) is 0.290. The van der Waals surface area contributed by atoms with E-state index in [1.54, 1.807) is 24.3 Å². The van der Waals surface area contributed by atoms with E-state index in [1.807, 2.05) is 11.0 Å². The van der Waals surface area contributed by atoms with E-state index in [2.05, 4.69) is 9.89 Å². The molecule has 0 N–H and O–H groups in total. The molecule has 1 aliphatic carbocycles. The summed E-state index contributed by atoms with van der Waals surface area (Å²) in [6.07, 6.45) is -3.09. The molecule has 1 aromatic heterocycles. The van der Waals surface area contributed by atoms with Crippen LogP contribution < -0.4 is 14.4 Å². The van der Waals surface area contributed by atoms with Crippen LogP contribution in [-0.4, -0.2) is 37.7 Å². The van der Waals surface area contributed by atoms with Gasteiger partial charge in [-0.25, -0.2) is 9.18 Å². The van der Waals surface area contributed by atoms with Gasteiger partial charge in [0.1, 0.15) is 35.4 Å². The van der Waals surface area contributed by atoms with Crippen LogP contribution in [-0.2, 0) is 11.3 Å². The molecule has 0 spiro atoms. The number of methoxy groups -OCH3 is 1. The van der Waals surface area contributed by atoms with Crippen LogP contribution in [0.1, 0.15) is 51.9 Å². The van der Waals surface area contributed by atoms with Crippen LogP contribution in [0, 0.1) is 5.82 Å². The maximum Gasteiger partial charge on any atom is 0.573 e. The van der Waals surface area contributed by atoms with Crippen LogP contribution in [0.25, 0.3) is 11.3 Å². The van der Waals surface area contributed by atoms with Crippen molar-refractivity contribution in [3.05, 3.63) is 94.0 Å². The molecule has 0 unspecified atom stereocenters. The van der Waals surface area contributed by atoms with Crippen LogP contribution in [0.5, 0.6) is 11.5 Å². The largest absolute Gasteiger partial charge is 0.573 e. The van der Waals surface area contributed by atoms with Crippen molar-refractivity contribution in [2.45, 2.75) is 37.6 Å². The van der Waals surface area contributed by atoms with Gasteiger partial charge in [0.05, 0.1) is 18.2 Å². The summed E-state index contributed by atoms with van der Waals surface area (Å²) >= 11 is 6.63. The van der Waals surface area contributed by atoms with E-state index in [0.29, 0.717) is 40.9 Å². The molecule has 43 heavy (non-hydrogen) atoms. The van der Waals surface area contributed by atoms with E-state index >= 15 is 0 Å². The molecule has 1 aliphatic heterocycles. The van der Waals surface area contributed by atoms with Gasteiger partial charge in [-0.3, -0.25) is 0 Å². The topological polar surface area (TPSA) is 74.0 Å². The lowest BCUT2D eigenvalue weighted by atomic mass is 9.90. The lowest BCUT2D eigenvalue weighted by molar-refractivity contribution is -0.274. The molecule has 0 radical (unpaired) electrons. The molecule has 7 nitrogen and oxygen atoms in total. The maximum atomic E-state index is 14.1. The number of para-hydroxylation sites is 1. The number of carbonyl (C=O) groups is 1. The third-order valence-corrected chi connectivity index (χ3v) is 7.81. The van der Waals surface area contributed by atoms with E-state index in [-0.39, 0.29) is 41.0 Å². The molecule has 2 aliphatic rings. The molecule has 3 aromatic carbocycles. The normalized spacial score (nSPS) is 15.3. The standard InChI is InChI=1S/C31H25ClF4N2O5/c1-40-30(39)18-10-20(33)12-21(11-18)38-14-19(15-38)23-9-8-22(13-26(23)32)41-16-25-28(37-43-29(25)17-6-7-17)24-4-2-3-5-27(24)42-31(34,35)36/h2-5,8-13,17,19H,6-7,14-16H2,1H3. The Hall–Kier alpha value is -4.25. The number of rotatable bonds is 9. The average molecular weight is 617 g/mol. The summed E-state index contributed by atoms with van der Waals surface area (Å²) in [7, 11) is 1.24. The highest BCUT2D eigenvalue weighted by molar-refractivity contribution is 6.31. The third-order valence-electron chi connectivity index (χ3n) is 7.48. The van der Waals surface area contributed by atoms with E-state index in [1.165, 1.54) is 31.4 Å². The second kappa shape index (κ2) is 11.4. The highest BCUT2D eigenvalue weighted by Gasteiger charge is 2.36. The third kappa shape index (κ3) is 6.27. The fourth-order valence-corrected chi connectivity index (χ4v) is 5.50. The van der Waals surface area contributed by atoms with E-state index in [0.717, 1.165) is 24.5 Å². The number of anilines is 1. The summed E-state index contributed by atoms with van der Waals surface area (Å²) in [6, 6.07) is 15.2. The van der Waals surface area contributed by atoms with Gasteiger partial charge >= 0.3 is 12.3 Å². The number of esters is 1. The maximum absolute atomic E-state index is 14.1. The monoisotopic (exact) mass is 616 g/mol. The lowest BCUT2D eigenvalue weighted by Gasteiger charge is -2.41. The van der Waals surface area contributed by atoms with Gasteiger partial charge < -0.3 is 23.6 Å². The summed E-state index contributed by atoms with van der Waals surface area (Å²) in [5.74, 6) is -0.273. The van der Waals surface area contributed by atoms with Crippen molar-refractivity contribution in [2.75, 3.05) is 25.1 Å². The molecule has 2 fully saturated rings. The molecule has 224 valence electrons. The smallest absolute Gasteiger partial charge is 0.489 e. The number of alkyl halides is 3. The van der Waals surface area contributed by atoms with Gasteiger partial charge in [0.15, 0.2) is 0 Å². The number of aromatic nitrogens is 1. The van der Waals surface area contributed by atoms with E-state index in [4.69, 9.17) is 25.6 Å². The quantitative estimate of drug-likeness (QED) is 0.140. The molecule has 0 bridgehead atoms. The SMILES string of the molecule is COC(=O)c1cc(F)cc(N2CC(c3ccc(OCc4c(-c5ccccc5OC(F)(F)F)noc4C4CC4)cc3Cl)C2)c1. The fourth-order valence-electron chi connectivity index (χ4n) is 5.18. The van der Waals surface area contributed by atoms with E-state index < -0.39 is 18.1 Å². The van der Waals surface area contributed by atoms with Crippen molar-refractivity contribution in [2.24, 2.45) is 0 Å². The van der Waals surface area contributed by atoms with Crippen LogP contribution in [0.4, 0.5) is 23.2 Å². The summed E-state index contributed by atoms with van der Waals surface area (Å²) in [5, 5.41) is 4.58. The van der Waals surface area contributed by atoms with Crippen molar-refractivity contribution >= 4 is 23.3 Å². The van der Waals surface area contributed by atoms with Crippen molar-refractivity contribution < 1.29 is 41.1 Å². The second-order valence-electron chi connectivity index (χ2n) is 10.5. The van der Waals surface area contributed by atoms with Gasteiger partial charge in [0.25, 0.3) is 0 Å². The molecule has 1 saturated carbocycles. The number of hydrogen-bond acceptors (Lipinski definition) is 7. The Morgan fingerprint density at radius 2 is 1.84 bits per heavy atom. The van der Waals surface area contributed by atoms with Gasteiger partial charge in [-0.15, -0.1) is 13.2 Å². The first kappa shape index (κ1) is 28.9. The summed E-state index contributed by atoms with van der Waals surface area (Å²) < 4.78 is 73.8. The first-order valence-corrected chi connectivity index (χ1v) is 13.9. The molecule has 2 heterocycles. The molecular weight excluding hydrogens is 592 g/mol. The van der Waals surface area contributed by atoms with Crippen LogP contribution in [0.15, 0.2) is 65.2 Å². The molecule has 6 rings (SSSR count). The van der Waals surface area contributed by atoms with Gasteiger partial charge in [-0.1, -0.05) is 35.0 Å². The van der Waals surface area contributed by atoms with Crippen molar-refractivity contribution in [3.63, 3.8) is 0 Å². The van der Waals surface area contributed by atoms with Crippen LogP contribution in [0.3, 0.4) is 0 Å². The molecule has 4 aromatic rings. The molecular formula is C31H25ClF4N2O5. The van der Waals surface area contributed by atoms with Crippen LogP contribution in [0.2, 0.25) is 5.02 Å². The molecule has 0 amide bonds. The Morgan fingerprint density at radius 3 is 2.53 bits per heavy atom. The van der Waals surface area contributed by atoms with Gasteiger partial charge in [-0.2, -0.15) is 0 Å². The minimum atomic E-state index is -4.87. The minimum Gasteiger partial charge on any atom is -0.489 e. The number of hydrogen-bond donors (Lipinski definition) is 0. The summed E-state index contributed by atoms with van der Waals surface area (Å²) in [4.78, 5) is 13.8. The Labute approximate surface area is 248 Å². The first-order chi connectivity index (χ1) is 20.6. The predicted octanol–water partition coefficient (Wildman–Crippen LogP) is 7.88. The number of ether oxygens (including phenoxy) is 3. The Balaban J connectivity index is 1.16.